The third-order valence-corrected chi connectivity index (χ3v) is 4.46. The summed E-state index contributed by atoms with van der Waals surface area (Å²) in [6, 6.07) is 14.3. The van der Waals surface area contributed by atoms with E-state index >= 15 is 0 Å². The van der Waals surface area contributed by atoms with Gasteiger partial charge in [0.05, 0.1) is 5.92 Å². The first-order chi connectivity index (χ1) is 10.1. The van der Waals surface area contributed by atoms with Crippen LogP contribution in [0.25, 0.3) is 0 Å². The number of carboxylic acid groups (broad SMARTS) is 1. The number of carbonyl (C=O) groups is 1. The Morgan fingerprint density at radius 2 is 1.90 bits per heavy atom. The highest BCUT2D eigenvalue weighted by Gasteiger charge is 2.22. The highest BCUT2D eigenvalue weighted by Crippen LogP contribution is 2.28. The Balaban J connectivity index is 1.90. The molecule has 3 rings (SSSR count). The molecule has 2 aromatic carbocycles. The number of carboxylic acids is 1. The second-order valence-electron chi connectivity index (χ2n) is 5.91. The number of aliphatic carboxylic acids is 1. The summed E-state index contributed by atoms with van der Waals surface area (Å²) in [5.74, 6) is -1.21. The lowest BCUT2D eigenvalue weighted by atomic mass is 9.88. The molecule has 1 aliphatic rings. The SMILES string of the molecule is Cc1ccccc1C(Cc1ccc2c(c1)CCC2)C(=O)O. The van der Waals surface area contributed by atoms with Crippen molar-refractivity contribution < 1.29 is 9.90 Å². The number of rotatable bonds is 4. The molecule has 1 atom stereocenters. The lowest BCUT2D eigenvalue weighted by molar-refractivity contribution is -0.138. The Morgan fingerprint density at radius 1 is 1.14 bits per heavy atom. The molecule has 0 aliphatic heterocycles. The zero-order valence-corrected chi connectivity index (χ0v) is 12.3. The van der Waals surface area contributed by atoms with Crippen LogP contribution in [-0.2, 0) is 24.1 Å². The first-order valence-corrected chi connectivity index (χ1v) is 7.54. The maximum atomic E-state index is 11.7. The molecule has 0 radical (unpaired) electrons. The van der Waals surface area contributed by atoms with Crippen molar-refractivity contribution in [2.45, 2.75) is 38.5 Å². The second-order valence-corrected chi connectivity index (χ2v) is 5.91. The van der Waals surface area contributed by atoms with Gasteiger partial charge in [0.1, 0.15) is 0 Å². The summed E-state index contributed by atoms with van der Waals surface area (Å²) in [5, 5.41) is 9.61. The first kappa shape index (κ1) is 13.9. The molecule has 0 amide bonds. The molecular formula is C19H20O2. The lowest BCUT2D eigenvalue weighted by Crippen LogP contribution is -2.15. The number of fused-ring (bicyclic) bond motifs is 1. The first-order valence-electron chi connectivity index (χ1n) is 7.54. The zero-order valence-electron chi connectivity index (χ0n) is 12.3. The predicted molar refractivity (Wildman–Crippen MR) is 83.7 cm³/mol. The van der Waals surface area contributed by atoms with E-state index < -0.39 is 11.9 Å². The average molecular weight is 280 g/mol. The van der Waals surface area contributed by atoms with Gasteiger partial charge < -0.3 is 5.11 Å². The molecule has 0 bridgehead atoms. The van der Waals surface area contributed by atoms with Crippen molar-refractivity contribution in [2.24, 2.45) is 0 Å². The maximum absolute atomic E-state index is 11.7. The van der Waals surface area contributed by atoms with Gasteiger partial charge in [-0.05, 0) is 60.4 Å². The summed E-state index contributed by atoms with van der Waals surface area (Å²) in [4.78, 5) is 11.7. The standard InChI is InChI=1S/C19H20O2/c1-13-5-2-3-8-17(13)18(19(20)21)12-14-9-10-15-6-4-7-16(15)11-14/h2-3,5,8-11,18H,4,6-7,12H2,1H3,(H,20,21). The van der Waals surface area contributed by atoms with Crippen molar-refractivity contribution in [3.8, 4) is 0 Å². The van der Waals surface area contributed by atoms with Crippen LogP contribution >= 0.6 is 0 Å². The number of aryl methyl sites for hydroxylation is 3. The van der Waals surface area contributed by atoms with Gasteiger partial charge in [-0.2, -0.15) is 0 Å². The summed E-state index contributed by atoms with van der Waals surface area (Å²) in [6.45, 7) is 1.98. The Bertz CT molecular complexity index is 673. The average Bonchev–Trinajstić information content (AvgIpc) is 2.93. The van der Waals surface area contributed by atoms with Crippen molar-refractivity contribution in [3.05, 3.63) is 70.3 Å². The number of benzene rings is 2. The molecule has 0 aromatic heterocycles. The minimum absolute atomic E-state index is 0.467. The summed E-state index contributed by atoms with van der Waals surface area (Å²) < 4.78 is 0. The molecule has 0 saturated heterocycles. The normalized spacial score (nSPS) is 14.7. The third kappa shape index (κ3) is 2.85. The Labute approximate surface area is 125 Å². The Kier molecular flexibility index (Phi) is 3.78. The minimum atomic E-state index is -0.746. The molecule has 0 heterocycles. The van der Waals surface area contributed by atoms with E-state index in [-0.39, 0.29) is 0 Å². The van der Waals surface area contributed by atoms with E-state index in [4.69, 9.17) is 0 Å². The number of hydrogen-bond acceptors (Lipinski definition) is 1. The van der Waals surface area contributed by atoms with Crippen LogP contribution in [0.3, 0.4) is 0 Å². The van der Waals surface area contributed by atoms with Crippen LogP contribution in [0.15, 0.2) is 42.5 Å². The molecule has 0 spiro atoms. The van der Waals surface area contributed by atoms with Gasteiger partial charge in [0.2, 0.25) is 0 Å². The van der Waals surface area contributed by atoms with Gasteiger partial charge in [0.15, 0.2) is 0 Å². The summed E-state index contributed by atoms with van der Waals surface area (Å²) >= 11 is 0. The van der Waals surface area contributed by atoms with E-state index in [1.54, 1.807) is 0 Å². The van der Waals surface area contributed by atoms with Gasteiger partial charge in [-0.3, -0.25) is 4.79 Å². The van der Waals surface area contributed by atoms with Crippen LogP contribution in [0.1, 0.15) is 40.2 Å². The summed E-state index contributed by atoms with van der Waals surface area (Å²) in [5.41, 5.74) is 5.94. The molecule has 0 fully saturated rings. The Morgan fingerprint density at radius 3 is 2.67 bits per heavy atom. The van der Waals surface area contributed by atoms with E-state index in [0.717, 1.165) is 29.5 Å². The smallest absolute Gasteiger partial charge is 0.311 e. The van der Waals surface area contributed by atoms with E-state index in [2.05, 4.69) is 18.2 Å². The molecule has 2 nitrogen and oxygen atoms in total. The highest BCUT2D eigenvalue weighted by molar-refractivity contribution is 5.77. The van der Waals surface area contributed by atoms with Gasteiger partial charge >= 0.3 is 5.97 Å². The Hall–Kier alpha value is -2.09. The van der Waals surface area contributed by atoms with E-state index in [1.165, 1.54) is 17.5 Å². The summed E-state index contributed by atoms with van der Waals surface area (Å²) in [7, 11) is 0. The zero-order chi connectivity index (χ0) is 14.8. The van der Waals surface area contributed by atoms with Crippen molar-refractivity contribution in [1.29, 1.82) is 0 Å². The van der Waals surface area contributed by atoms with Gasteiger partial charge in [-0.25, -0.2) is 0 Å². The van der Waals surface area contributed by atoms with Crippen LogP contribution in [0.5, 0.6) is 0 Å². The summed E-state index contributed by atoms with van der Waals surface area (Å²) in [6.07, 6.45) is 4.08. The fourth-order valence-electron chi connectivity index (χ4n) is 3.30. The molecule has 2 aromatic rings. The number of hydrogen-bond donors (Lipinski definition) is 1. The van der Waals surface area contributed by atoms with Crippen LogP contribution < -0.4 is 0 Å². The topological polar surface area (TPSA) is 37.3 Å². The van der Waals surface area contributed by atoms with Crippen LogP contribution in [0, 0.1) is 6.92 Å². The largest absolute Gasteiger partial charge is 0.481 e. The van der Waals surface area contributed by atoms with E-state index in [1.807, 2.05) is 31.2 Å². The van der Waals surface area contributed by atoms with Crippen molar-refractivity contribution in [2.75, 3.05) is 0 Å². The molecule has 108 valence electrons. The van der Waals surface area contributed by atoms with E-state index in [0.29, 0.717) is 6.42 Å². The fraction of sp³-hybridized carbons (Fsp3) is 0.316. The second kappa shape index (κ2) is 5.72. The lowest BCUT2D eigenvalue weighted by Gasteiger charge is -2.16. The molecule has 21 heavy (non-hydrogen) atoms. The molecule has 1 aliphatic carbocycles. The maximum Gasteiger partial charge on any atom is 0.311 e. The molecule has 2 heteroatoms. The van der Waals surface area contributed by atoms with Gasteiger partial charge in [-0.15, -0.1) is 0 Å². The fourth-order valence-corrected chi connectivity index (χ4v) is 3.30. The van der Waals surface area contributed by atoms with Gasteiger partial charge in [0.25, 0.3) is 0 Å². The van der Waals surface area contributed by atoms with Crippen LogP contribution in [0.2, 0.25) is 0 Å². The van der Waals surface area contributed by atoms with Crippen LogP contribution in [-0.4, -0.2) is 11.1 Å². The minimum Gasteiger partial charge on any atom is -0.481 e. The predicted octanol–water partition coefficient (Wildman–Crippen LogP) is 3.89. The molecule has 0 saturated carbocycles. The van der Waals surface area contributed by atoms with Gasteiger partial charge in [-0.1, -0.05) is 42.5 Å². The van der Waals surface area contributed by atoms with Gasteiger partial charge in [0, 0.05) is 0 Å². The highest BCUT2D eigenvalue weighted by atomic mass is 16.4. The van der Waals surface area contributed by atoms with E-state index in [9.17, 15) is 9.90 Å². The monoisotopic (exact) mass is 280 g/mol. The molecular weight excluding hydrogens is 260 g/mol. The van der Waals surface area contributed by atoms with Crippen LogP contribution in [0.4, 0.5) is 0 Å². The molecule has 1 unspecified atom stereocenters. The third-order valence-electron chi connectivity index (χ3n) is 4.46. The van der Waals surface area contributed by atoms with Crippen molar-refractivity contribution in [3.63, 3.8) is 0 Å². The quantitative estimate of drug-likeness (QED) is 0.922. The van der Waals surface area contributed by atoms with Crippen molar-refractivity contribution in [1.82, 2.24) is 0 Å². The molecule has 1 N–H and O–H groups in total. The van der Waals surface area contributed by atoms with Crippen molar-refractivity contribution >= 4 is 5.97 Å².